The van der Waals surface area contributed by atoms with Gasteiger partial charge in [0.05, 0.1) is 18.1 Å². The quantitative estimate of drug-likeness (QED) is 0.820. The molecule has 0 aromatic rings. The Labute approximate surface area is 102 Å². The summed E-state index contributed by atoms with van der Waals surface area (Å²) in [5, 5.41) is 9.16. The Balaban J connectivity index is 1.84. The number of carbonyl (C=O) groups is 1. The van der Waals surface area contributed by atoms with E-state index in [1.54, 1.807) is 0 Å². The van der Waals surface area contributed by atoms with E-state index in [4.69, 9.17) is 14.6 Å². The number of hydrogen-bond donors (Lipinski definition) is 1. The average molecular weight is 242 g/mol. The van der Waals surface area contributed by atoms with Gasteiger partial charge in [-0.3, -0.25) is 4.79 Å². The van der Waals surface area contributed by atoms with Crippen LogP contribution in [0.2, 0.25) is 0 Å². The van der Waals surface area contributed by atoms with Crippen molar-refractivity contribution in [1.82, 2.24) is 0 Å². The molecule has 1 heterocycles. The van der Waals surface area contributed by atoms with Crippen molar-refractivity contribution in [3.63, 3.8) is 0 Å². The van der Waals surface area contributed by atoms with Crippen LogP contribution in [0.25, 0.3) is 0 Å². The molecule has 2 rings (SSSR count). The van der Waals surface area contributed by atoms with Gasteiger partial charge in [-0.1, -0.05) is 13.3 Å². The zero-order chi connectivity index (χ0) is 12.3. The van der Waals surface area contributed by atoms with Crippen LogP contribution >= 0.6 is 0 Å². The Kier molecular flexibility index (Phi) is 4.40. The highest BCUT2D eigenvalue weighted by atomic mass is 16.5. The molecule has 1 saturated carbocycles. The van der Waals surface area contributed by atoms with Crippen molar-refractivity contribution < 1.29 is 19.4 Å². The first kappa shape index (κ1) is 12.8. The lowest BCUT2D eigenvalue weighted by atomic mass is 9.94. The zero-order valence-electron chi connectivity index (χ0n) is 10.4. The number of ether oxygens (including phenoxy) is 2. The SMILES string of the molecule is CC[C@@H]1C[C@@H](OC2CCOCC2)C[C@H]1C(=O)O. The molecule has 3 atom stereocenters. The predicted octanol–water partition coefficient (Wildman–Crippen LogP) is 2.07. The van der Waals surface area contributed by atoms with Gasteiger partial charge < -0.3 is 14.6 Å². The summed E-state index contributed by atoms with van der Waals surface area (Å²) >= 11 is 0. The lowest BCUT2D eigenvalue weighted by Crippen LogP contribution is -2.27. The van der Waals surface area contributed by atoms with E-state index in [-0.39, 0.29) is 24.0 Å². The van der Waals surface area contributed by atoms with Gasteiger partial charge in [-0.05, 0) is 31.6 Å². The summed E-state index contributed by atoms with van der Waals surface area (Å²) in [5.41, 5.74) is 0. The van der Waals surface area contributed by atoms with Crippen LogP contribution < -0.4 is 0 Å². The molecule has 1 N–H and O–H groups in total. The standard InChI is InChI=1S/C13H22O4/c1-2-9-7-11(8-12(9)13(14)15)17-10-3-5-16-6-4-10/h9-12H,2-8H2,1H3,(H,14,15)/t9-,11-,12-/m1/s1. The molecule has 4 nitrogen and oxygen atoms in total. The first-order valence-electron chi connectivity index (χ1n) is 6.66. The Morgan fingerprint density at radius 1 is 1.29 bits per heavy atom. The fourth-order valence-electron chi connectivity index (χ4n) is 3.02. The van der Waals surface area contributed by atoms with E-state index >= 15 is 0 Å². The van der Waals surface area contributed by atoms with Crippen molar-refractivity contribution in [2.24, 2.45) is 11.8 Å². The van der Waals surface area contributed by atoms with Crippen LogP contribution in [0.1, 0.15) is 39.0 Å². The van der Waals surface area contributed by atoms with Gasteiger partial charge in [-0.25, -0.2) is 0 Å². The van der Waals surface area contributed by atoms with Crippen LogP contribution in [-0.4, -0.2) is 36.5 Å². The molecular formula is C13H22O4. The van der Waals surface area contributed by atoms with E-state index in [0.717, 1.165) is 38.9 Å². The summed E-state index contributed by atoms with van der Waals surface area (Å²) < 4.78 is 11.3. The molecule has 1 aliphatic heterocycles. The van der Waals surface area contributed by atoms with Crippen molar-refractivity contribution in [2.45, 2.75) is 51.2 Å². The van der Waals surface area contributed by atoms with Gasteiger partial charge in [0, 0.05) is 13.2 Å². The van der Waals surface area contributed by atoms with Crippen LogP contribution in [0.3, 0.4) is 0 Å². The van der Waals surface area contributed by atoms with Gasteiger partial charge in [0.15, 0.2) is 0 Å². The van der Waals surface area contributed by atoms with Crippen LogP contribution in [0.4, 0.5) is 0 Å². The van der Waals surface area contributed by atoms with E-state index in [0.29, 0.717) is 6.42 Å². The Morgan fingerprint density at radius 2 is 2.00 bits per heavy atom. The molecule has 17 heavy (non-hydrogen) atoms. The maximum Gasteiger partial charge on any atom is 0.306 e. The van der Waals surface area contributed by atoms with E-state index in [9.17, 15) is 4.79 Å². The number of hydrogen-bond acceptors (Lipinski definition) is 3. The average Bonchev–Trinajstić information content (AvgIpc) is 2.73. The van der Waals surface area contributed by atoms with Gasteiger partial charge >= 0.3 is 5.97 Å². The minimum atomic E-state index is -0.657. The van der Waals surface area contributed by atoms with Crippen molar-refractivity contribution in [3.8, 4) is 0 Å². The third kappa shape index (κ3) is 3.19. The molecule has 1 aliphatic carbocycles. The van der Waals surface area contributed by atoms with Crippen molar-refractivity contribution in [3.05, 3.63) is 0 Å². The number of carboxylic acids is 1. The van der Waals surface area contributed by atoms with Gasteiger partial charge in [0.25, 0.3) is 0 Å². The molecule has 4 heteroatoms. The van der Waals surface area contributed by atoms with Crippen LogP contribution in [0.5, 0.6) is 0 Å². The molecule has 0 aromatic carbocycles. The first-order valence-corrected chi connectivity index (χ1v) is 6.66. The van der Waals surface area contributed by atoms with Gasteiger partial charge in [0.1, 0.15) is 0 Å². The number of carboxylic acid groups (broad SMARTS) is 1. The Morgan fingerprint density at radius 3 is 2.53 bits per heavy atom. The smallest absolute Gasteiger partial charge is 0.306 e. The second-order valence-electron chi connectivity index (χ2n) is 5.15. The molecule has 2 aliphatic rings. The second-order valence-corrected chi connectivity index (χ2v) is 5.15. The summed E-state index contributed by atoms with van der Waals surface area (Å²) in [7, 11) is 0. The van der Waals surface area contributed by atoms with E-state index in [1.807, 2.05) is 0 Å². The van der Waals surface area contributed by atoms with Crippen LogP contribution in [0, 0.1) is 11.8 Å². The molecule has 0 amide bonds. The summed E-state index contributed by atoms with van der Waals surface area (Å²) in [6, 6.07) is 0. The van der Waals surface area contributed by atoms with Crippen LogP contribution in [-0.2, 0) is 14.3 Å². The molecule has 0 aromatic heterocycles. The lowest BCUT2D eigenvalue weighted by molar-refractivity contribution is -0.143. The fraction of sp³-hybridized carbons (Fsp3) is 0.923. The second kappa shape index (κ2) is 5.83. The monoisotopic (exact) mass is 242 g/mol. The highest BCUT2D eigenvalue weighted by Crippen LogP contribution is 2.37. The van der Waals surface area contributed by atoms with Gasteiger partial charge in [-0.15, -0.1) is 0 Å². The maximum atomic E-state index is 11.1. The van der Waals surface area contributed by atoms with E-state index in [2.05, 4.69) is 6.92 Å². The van der Waals surface area contributed by atoms with Gasteiger partial charge in [0.2, 0.25) is 0 Å². The molecule has 0 unspecified atom stereocenters. The number of aliphatic carboxylic acids is 1. The highest BCUT2D eigenvalue weighted by molar-refractivity contribution is 5.70. The molecule has 98 valence electrons. The fourth-order valence-corrected chi connectivity index (χ4v) is 3.02. The van der Waals surface area contributed by atoms with Crippen molar-refractivity contribution in [1.29, 1.82) is 0 Å². The highest BCUT2D eigenvalue weighted by Gasteiger charge is 2.39. The Bertz CT molecular complexity index is 260. The summed E-state index contributed by atoms with van der Waals surface area (Å²) in [4.78, 5) is 11.1. The summed E-state index contributed by atoms with van der Waals surface area (Å²) in [6.07, 6.45) is 4.85. The molecule has 2 fully saturated rings. The third-order valence-electron chi connectivity index (χ3n) is 4.05. The lowest BCUT2D eigenvalue weighted by Gasteiger charge is -2.25. The normalized spacial score (nSPS) is 35.0. The van der Waals surface area contributed by atoms with Crippen molar-refractivity contribution in [2.75, 3.05) is 13.2 Å². The molecule has 0 bridgehead atoms. The predicted molar refractivity (Wildman–Crippen MR) is 62.9 cm³/mol. The minimum Gasteiger partial charge on any atom is -0.481 e. The molecular weight excluding hydrogens is 220 g/mol. The summed E-state index contributed by atoms with van der Waals surface area (Å²) in [6.45, 7) is 3.62. The largest absolute Gasteiger partial charge is 0.481 e. The molecule has 0 radical (unpaired) electrons. The van der Waals surface area contributed by atoms with E-state index < -0.39 is 5.97 Å². The molecule has 0 spiro atoms. The summed E-state index contributed by atoms with van der Waals surface area (Å²) in [5.74, 6) is -0.572. The molecule has 1 saturated heterocycles. The van der Waals surface area contributed by atoms with Gasteiger partial charge in [-0.2, -0.15) is 0 Å². The zero-order valence-corrected chi connectivity index (χ0v) is 10.4. The van der Waals surface area contributed by atoms with E-state index in [1.165, 1.54) is 0 Å². The van der Waals surface area contributed by atoms with Crippen LogP contribution in [0.15, 0.2) is 0 Å². The number of rotatable bonds is 4. The van der Waals surface area contributed by atoms with Crippen molar-refractivity contribution >= 4 is 5.97 Å². The maximum absolute atomic E-state index is 11.1. The minimum absolute atomic E-state index is 0.143. The third-order valence-corrected chi connectivity index (χ3v) is 4.05. The topological polar surface area (TPSA) is 55.8 Å². The first-order chi connectivity index (χ1) is 8.20. The Hall–Kier alpha value is -0.610.